The number of aromatic nitrogens is 2. The summed E-state index contributed by atoms with van der Waals surface area (Å²) in [4.78, 5) is 19.0. The molecule has 1 aliphatic rings. The first-order valence-corrected chi connectivity index (χ1v) is 7.91. The van der Waals surface area contributed by atoms with Gasteiger partial charge in [0.1, 0.15) is 11.6 Å². The second-order valence-corrected chi connectivity index (χ2v) is 5.81. The van der Waals surface area contributed by atoms with Crippen LogP contribution in [-0.4, -0.2) is 29.2 Å². The van der Waals surface area contributed by atoms with E-state index >= 15 is 0 Å². The Morgan fingerprint density at radius 2 is 2.13 bits per heavy atom. The van der Waals surface area contributed by atoms with Gasteiger partial charge >= 0.3 is 6.09 Å². The maximum absolute atomic E-state index is 12.9. The zero-order valence-corrected chi connectivity index (χ0v) is 12.8. The molecule has 0 aliphatic heterocycles. The van der Waals surface area contributed by atoms with E-state index in [1.54, 1.807) is 18.3 Å². The zero-order valence-electron chi connectivity index (χ0n) is 12.8. The summed E-state index contributed by atoms with van der Waals surface area (Å²) in [6.07, 6.45) is 5.54. The number of alkyl carbamates (subject to hydrolysis) is 1. The summed E-state index contributed by atoms with van der Waals surface area (Å²) in [7, 11) is 0. The van der Waals surface area contributed by atoms with Crippen molar-refractivity contribution in [2.75, 3.05) is 13.2 Å². The maximum Gasteiger partial charge on any atom is 0.407 e. The molecule has 23 heavy (non-hydrogen) atoms. The molecule has 1 aromatic carbocycles. The highest BCUT2D eigenvalue weighted by molar-refractivity contribution is 5.67. The van der Waals surface area contributed by atoms with Gasteiger partial charge in [0.2, 0.25) is 0 Å². The second kappa shape index (κ2) is 7.26. The van der Waals surface area contributed by atoms with Crippen molar-refractivity contribution in [2.24, 2.45) is 5.92 Å². The van der Waals surface area contributed by atoms with Gasteiger partial charge in [-0.15, -0.1) is 0 Å². The predicted molar refractivity (Wildman–Crippen MR) is 84.4 cm³/mol. The highest BCUT2D eigenvalue weighted by Gasteiger charge is 2.18. The van der Waals surface area contributed by atoms with Gasteiger partial charge in [-0.25, -0.2) is 14.2 Å². The Labute approximate surface area is 134 Å². The van der Waals surface area contributed by atoms with Gasteiger partial charge in [0, 0.05) is 24.7 Å². The Morgan fingerprint density at radius 1 is 1.35 bits per heavy atom. The first-order chi connectivity index (χ1) is 11.2. The Balaban J connectivity index is 1.42. The van der Waals surface area contributed by atoms with Crippen LogP contribution in [0.5, 0.6) is 0 Å². The van der Waals surface area contributed by atoms with Crippen LogP contribution in [0.3, 0.4) is 0 Å². The molecule has 1 aliphatic carbocycles. The summed E-state index contributed by atoms with van der Waals surface area (Å²) in [6.45, 7) is 0.973. The molecule has 2 aromatic rings. The Bertz CT molecular complexity index is 650. The van der Waals surface area contributed by atoms with E-state index in [1.807, 2.05) is 0 Å². The highest BCUT2D eigenvalue weighted by Crippen LogP contribution is 2.26. The van der Waals surface area contributed by atoms with Crippen LogP contribution in [0.25, 0.3) is 11.3 Å². The summed E-state index contributed by atoms with van der Waals surface area (Å²) in [5, 5.41) is 2.72. The molecule has 6 heteroatoms. The largest absolute Gasteiger partial charge is 0.449 e. The number of benzene rings is 1. The van der Waals surface area contributed by atoms with Crippen LogP contribution in [0.2, 0.25) is 0 Å². The van der Waals surface area contributed by atoms with Gasteiger partial charge in [-0.2, -0.15) is 0 Å². The summed E-state index contributed by atoms with van der Waals surface area (Å²) in [5.74, 6) is 1.04. The maximum atomic E-state index is 12.9. The number of hydrogen-bond acceptors (Lipinski definition) is 3. The molecule has 1 aromatic heterocycles. The monoisotopic (exact) mass is 317 g/mol. The number of H-pyrrole nitrogens is 1. The topological polar surface area (TPSA) is 67.0 Å². The molecule has 1 amide bonds. The third kappa shape index (κ3) is 4.31. The minimum Gasteiger partial charge on any atom is -0.449 e. The van der Waals surface area contributed by atoms with Gasteiger partial charge in [0.05, 0.1) is 12.3 Å². The SMILES string of the molecule is O=C(NCCc1nc(-c2ccc(F)cc2)c[nH]1)OCC1CCC1. The van der Waals surface area contributed by atoms with Gasteiger partial charge in [-0.1, -0.05) is 6.42 Å². The van der Waals surface area contributed by atoms with E-state index in [0.29, 0.717) is 25.5 Å². The van der Waals surface area contributed by atoms with Crippen molar-refractivity contribution in [2.45, 2.75) is 25.7 Å². The molecule has 3 rings (SSSR count). The fourth-order valence-corrected chi connectivity index (χ4v) is 2.45. The van der Waals surface area contributed by atoms with Crippen molar-refractivity contribution in [3.05, 3.63) is 42.1 Å². The van der Waals surface area contributed by atoms with Crippen molar-refractivity contribution >= 4 is 6.09 Å². The minimum absolute atomic E-state index is 0.269. The van der Waals surface area contributed by atoms with Crippen molar-refractivity contribution in [3.63, 3.8) is 0 Å². The minimum atomic E-state index is -0.373. The molecule has 1 heterocycles. The third-order valence-electron chi connectivity index (χ3n) is 4.08. The molecule has 0 spiro atoms. The molecule has 0 saturated heterocycles. The number of halogens is 1. The van der Waals surface area contributed by atoms with E-state index in [-0.39, 0.29) is 11.9 Å². The number of nitrogens with zero attached hydrogens (tertiary/aromatic N) is 1. The van der Waals surface area contributed by atoms with Gasteiger partial charge in [-0.3, -0.25) is 0 Å². The normalized spacial score (nSPS) is 14.3. The van der Waals surface area contributed by atoms with Gasteiger partial charge in [-0.05, 0) is 43.0 Å². The molecule has 0 bridgehead atoms. The van der Waals surface area contributed by atoms with E-state index < -0.39 is 0 Å². The average molecular weight is 317 g/mol. The average Bonchev–Trinajstić information content (AvgIpc) is 2.95. The molecule has 2 N–H and O–H groups in total. The lowest BCUT2D eigenvalue weighted by molar-refractivity contribution is 0.104. The van der Waals surface area contributed by atoms with Crippen molar-refractivity contribution in [1.29, 1.82) is 0 Å². The van der Waals surface area contributed by atoms with Crippen molar-refractivity contribution < 1.29 is 13.9 Å². The number of carbonyl (C=O) groups excluding carboxylic acids is 1. The number of rotatable bonds is 6. The zero-order chi connectivity index (χ0) is 16.1. The van der Waals surface area contributed by atoms with Crippen molar-refractivity contribution in [3.8, 4) is 11.3 Å². The van der Waals surface area contributed by atoms with E-state index in [9.17, 15) is 9.18 Å². The van der Waals surface area contributed by atoms with Crippen LogP contribution in [-0.2, 0) is 11.2 Å². The summed E-state index contributed by atoms with van der Waals surface area (Å²) >= 11 is 0. The predicted octanol–water partition coefficient (Wildman–Crippen LogP) is 3.28. The second-order valence-electron chi connectivity index (χ2n) is 5.81. The smallest absolute Gasteiger partial charge is 0.407 e. The first-order valence-electron chi connectivity index (χ1n) is 7.91. The number of imidazole rings is 1. The van der Waals surface area contributed by atoms with Crippen molar-refractivity contribution in [1.82, 2.24) is 15.3 Å². The summed E-state index contributed by atoms with van der Waals surface area (Å²) in [5.41, 5.74) is 1.61. The standard InChI is InChI=1S/C17H20FN3O2/c18-14-6-4-13(5-7-14)15-10-20-16(21-15)8-9-19-17(22)23-11-12-2-1-3-12/h4-7,10,12H,1-3,8-9,11H2,(H,19,22)(H,20,21). The van der Waals surface area contributed by atoms with Gasteiger partial charge in [0.25, 0.3) is 0 Å². The van der Waals surface area contributed by atoms with E-state index in [2.05, 4.69) is 15.3 Å². The lowest BCUT2D eigenvalue weighted by Gasteiger charge is -2.24. The number of hydrogen-bond donors (Lipinski definition) is 2. The lowest BCUT2D eigenvalue weighted by atomic mass is 9.86. The van der Waals surface area contributed by atoms with E-state index in [4.69, 9.17) is 4.74 Å². The van der Waals surface area contributed by atoms with Gasteiger partial charge in [0.15, 0.2) is 0 Å². The van der Waals surface area contributed by atoms with E-state index in [0.717, 1.165) is 29.9 Å². The molecular weight excluding hydrogens is 297 g/mol. The van der Waals surface area contributed by atoms with Gasteiger partial charge < -0.3 is 15.0 Å². The molecule has 5 nitrogen and oxygen atoms in total. The molecule has 0 unspecified atom stereocenters. The fourth-order valence-electron chi connectivity index (χ4n) is 2.45. The molecule has 0 radical (unpaired) electrons. The molecular formula is C17H20FN3O2. The Morgan fingerprint density at radius 3 is 2.83 bits per heavy atom. The third-order valence-corrected chi connectivity index (χ3v) is 4.08. The number of amides is 1. The highest BCUT2D eigenvalue weighted by atomic mass is 19.1. The quantitative estimate of drug-likeness (QED) is 0.859. The summed E-state index contributed by atoms with van der Waals surface area (Å²) in [6, 6.07) is 6.18. The van der Waals surface area contributed by atoms with Crippen LogP contribution < -0.4 is 5.32 Å². The van der Waals surface area contributed by atoms with E-state index in [1.165, 1.54) is 18.6 Å². The van der Waals surface area contributed by atoms with Crippen LogP contribution in [0.15, 0.2) is 30.5 Å². The first kappa shape index (κ1) is 15.5. The van der Waals surface area contributed by atoms with Crippen LogP contribution in [0.1, 0.15) is 25.1 Å². The molecule has 122 valence electrons. The molecule has 0 atom stereocenters. The number of ether oxygens (including phenoxy) is 1. The fraction of sp³-hybridized carbons (Fsp3) is 0.412. The number of aromatic amines is 1. The summed E-state index contributed by atoms with van der Waals surface area (Å²) < 4.78 is 18.1. The molecule has 1 fully saturated rings. The van der Waals surface area contributed by atoms with Crippen LogP contribution in [0.4, 0.5) is 9.18 Å². The lowest BCUT2D eigenvalue weighted by Crippen LogP contribution is -2.29. The number of nitrogens with one attached hydrogen (secondary N) is 2. The van der Waals surface area contributed by atoms with Crippen LogP contribution in [0, 0.1) is 11.7 Å². The Kier molecular flexibility index (Phi) is 4.90. The molecule has 1 saturated carbocycles. The Hall–Kier alpha value is -2.37. The van der Waals surface area contributed by atoms with Crippen LogP contribution >= 0.6 is 0 Å². The number of carbonyl (C=O) groups is 1.